The standard InChI is InChI=1S/C2H6N3S/c3-5-1-4-2-6-5/h3-4H,1-2H2. The van der Waals surface area contributed by atoms with Gasteiger partial charge in [0, 0.05) is 0 Å². The molecule has 0 aromatic carbocycles. The Morgan fingerprint density at radius 2 is 2.67 bits per heavy atom. The predicted octanol–water partition coefficient (Wildman–Crippen LogP) is -0.347. The van der Waals surface area contributed by atoms with Crippen molar-refractivity contribution < 1.29 is 0 Å². The Bertz CT molecular complexity index is 42.1. The van der Waals surface area contributed by atoms with Gasteiger partial charge in [-0.3, -0.25) is 5.32 Å². The average Bonchev–Trinajstić information content (AvgIpc) is 1.86. The second kappa shape index (κ2) is 1.79. The van der Waals surface area contributed by atoms with Gasteiger partial charge < -0.3 is 0 Å². The average molecular weight is 104 g/mol. The van der Waals surface area contributed by atoms with Crippen LogP contribution >= 0.6 is 11.9 Å². The van der Waals surface area contributed by atoms with Crippen molar-refractivity contribution in [2.24, 2.45) is 0 Å². The molecule has 1 fully saturated rings. The first-order valence-corrected chi connectivity index (χ1v) is 2.66. The van der Waals surface area contributed by atoms with E-state index in [0.717, 1.165) is 5.88 Å². The van der Waals surface area contributed by atoms with Crippen LogP contribution in [-0.2, 0) is 0 Å². The predicted molar refractivity (Wildman–Crippen MR) is 25.4 cm³/mol. The highest BCUT2D eigenvalue weighted by molar-refractivity contribution is 7.97. The van der Waals surface area contributed by atoms with Crippen LogP contribution in [0.25, 0.3) is 0 Å². The van der Waals surface area contributed by atoms with Crippen LogP contribution in [0.5, 0.6) is 0 Å². The summed E-state index contributed by atoms with van der Waals surface area (Å²) < 4.78 is 1.42. The second-order valence-electron chi connectivity index (χ2n) is 1.06. The Morgan fingerprint density at radius 3 is 2.83 bits per heavy atom. The molecule has 1 radical (unpaired) electrons. The van der Waals surface area contributed by atoms with Gasteiger partial charge in [0.2, 0.25) is 0 Å². The molecule has 0 atom stereocenters. The smallest absolute Gasteiger partial charge is 0.0757 e. The number of nitrogens with zero attached hydrogens (tertiary/aromatic N) is 1. The van der Waals surface area contributed by atoms with Crippen molar-refractivity contribution >= 4 is 11.9 Å². The quantitative estimate of drug-likeness (QED) is 0.427. The molecule has 2 N–H and O–H groups in total. The van der Waals surface area contributed by atoms with Gasteiger partial charge in [-0.2, -0.15) is 10.3 Å². The number of hydrogen-bond acceptors (Lipinski definition) is 3. The van der Waals surface area contributed by atoms with Gasteiger partial charge >= 0.3 is 0 Å². The number of hydrogen-bond donors (Lipinski definition) is 1. The van der Waals surface area contributed by atoms with E-state index < -0.39 is 0 Å². The van der Waals surface area contributed by atoms with E-state index in [1.54, 1.807) is 0 Å². The van der Waals surface area contributed by atoms with Gasteiger partial charge in [-0.05, 0) is 11.9 Å². The zero-order valence-electron chi connectivity index (χ0n) is 3.27. The van der Waals surface area contributed by atoms with Crippen LogP contribution in [0.2, 0.25) is 0 Å². The third kappa shape index (κ3) is 0.844. The lowest BCUT2D eigenvalue weighted by atomic mass is 11.1. The molecule has 0 amide bonds. The highest BCUT2D eigenvalue weighted by atomic mass is 32.2. The molecule has 0 saturated carbocycles. The molecule has 0 unspecified atom stereocenters. The Kier molecular flexibility index (Phi) is 1.31. The SMILES string of the molecule is [NH]N1CNCS1. The van der Waals surface area contributed by atoms with Gasteiger partial charge in [0.05, 0.1) is 12.5 Å². The summed E-state index contributed by atoms with van der Waals surface area (Å²) >= 11 is 1.49. The van der Waals surface area contributed by atoms with E-state index in [0.29, 0.717) is 6.67 Å². The minimum atomic E-state index is 0.699. The second-order valence-corrected chi connectivity index (χ2v) is 2.05. The Labute approximate surface area is 41.0 Å². The van der Waals surface area contributed by atoms with E-state index in [1.165, 1.54) is 16.4 Å². The lowest BCUT2D eigenvalue weighted by Gasteiger charge is -1.95. The van der Waals surface area contributed by atoms with Crippen LogP contribution in [0.3, 0.4) is 0 Å². The minimum absolute atomic E-state index is 0.699. The van der Waals surface area contributed by atoms with Crippen LogP contribution in [0.15, 0.2) is 0 Å². The van der Waals surface area contributed by atoms with E-state index >= 15 is 0 Å². The fourth-order valence-electron chi connectivity index (χ4n) is 0.316. The first-order chi connectivity index (χ1) is 2.89. The third-order valence-electron chi connectivity index (χ3n) is 0.578. The molecule has 1 rings (SSSR count). The summed E-state index contributed by atoms with van der Waals surface area (Å²) in [6, 6.07) is 0. The normalized spacial score (nSPS) is 25.5. The zero-order valence-corrected chi connectivity index (χ0v) is 4.09. The van der Waals surface area contributed by atoms with Gasteiger partial charge in [0.25, 0.3) is 0 Å². The summed E-state index contributed by atoms with van der Waals surface area (Å²) in [6.07, 6.45) is 0. The van der Waals surface area contributed by atoms with Gasteiger partial charge in [-0.25, -0.2) is 0 Å². The van der Waals surface area contributed by atoms with Crippen molar-refractivity contribution in [3.63, 3.8) is 0 Å². The van der Waals surface area contributed by atoms with Crippen LogP contribution < -0.4 is 11.2 Å². The molecular weight excluding hydrogens is 98.1 g/mol. The van der Waals surface area contributed by atoms with Gasteiger partial charge in [0.15, 0.2) is 0 Å². The summed E-state index contributed by atoms with van der Waals surface area (Å²) in [5, 5.41) is 2.97. The number of rotatable bonds is 0. The van der Waals surface area contributed by atoms with Gasteiger partial charge in [-0.15, -0.1) is 0 Å². The van der Waals surface area contributed by atoms with E-state index in [1.807, 2.05) is 0 Å². The van der Waals surface area contributed by atoms with Crippen LogP contribution in [0.1, 0.15) is 0 Å². The molecule has 3 nitrogen and oxygen atoms in total. The molecule has 1 heterocycles. The van der Waals surface area contributed by atoms with Crippen molar-refractivity contribution in [1.82, 2.24) is 15.6 Å². The first-order valence-electron chi connectivity index (χ1n) is 1.72. The summed E-state index contributed by atoms with van der Waals surface area (Å²) in [6.45, 7) is 0.699. The first kappa shape index (κ1) is 4.39. The minimum Gasteiger partial charge on any atom is -0.292 e. The van der Waals surface area contributed by atoms with Crippen molar-refractivity contribution in [1.29, 1.82) is 0 Å². The third-order valence-corrected chi connectivity index (χ3v) is 1.35. The molecule has 0 aliphatic carbocycles. The number of nitrogens with one attached hydrogen (secondary N) is 2. The van der Waals surface area contributed by atoms with Crippen LogP contribution in [0, 0.1) is 0 Å². The summed E-state index contributed by atoms with van der Waals surface area (Å²) in [7, 11) is 0. The summed E-state index contributed by atoms with van der Waals surface area (Å²) in [5.41, 5.74) is 0. The van der Waals surface area contributed by atoms with E-state index in [-0.39, 0.29) is 0 Å². The molecule has 0 aromatic heterocycles. The monoisotopic (exact) mass is 104 g/mol. The van der Waals surface area contributed by atoms with Crippen molar-refractivity contribution in [3.05, 3.63) is 0 Å². The van der Waals surface area contributed by atoms with Crippen LogP contribution in [0.4, 0.5) is 0 Å². The Hall–Kier alpha value is 0.230. The molecule has 6 heavy (non-hydrogen) atoms. The lowest BCUT2D eigenvalue weighted by Crippen LogP contribution is -2.15. The molecule has 4 heteroatoms. The highest BCUT2D eigenvalue weighted by Crippen LogP contribution is 2.05. The zero-order chi connectivity index (χ0) is 4.41. The van der Waals surface area contributed by atoms with Crippen molar-refractivity contribution in [2.75, 3.05) is 12.5 Å². The van der Waals surface area contributed by atoms with E-state index in [9.17, 15) is 0 Å². The summed E-state index contributed by atoms with van der Waals surface area (Å²) in [4.78, 5) is 0. The fraction of sp³-hybridized carbons (Fsp3) is 1.00. The maximum Gasteiger partial charge on any atom is 0.0757 e. The molecule has 1 saturated heterocycles. The van der Waals surface area contributed by atoms with Gasteiger partial charge in [0.1, 0.15) is 0 Å². The molecule has 1 aliphatic heterocycles. The lowest BCUT2D eigenvalue weighted by molar-refractivity contribution is 0.474. The fourth-order valence-corrected chi connectivity index (χ4v) is 0.837. The Balaban J connectivity index is 2.18. The molecule has 0 aromatic rings. The highest BCUT2D eigenvalue weighted by Gasteiger charge is 2.04. The molecular formula is C2H6N3S. The van der Waals surface area contributed by atoms with E-state index in [4.69, 9.17) is 5.84 Å². The van der Waals surface area contributed by atoms with Gasteiger partial charge in [-0.1, -0.05) is 0 Å². The van der Waals surface area contributed by atoms with Crippen LogP contribution in [-0.4, -0.2) is 17.0 Å². The van der Waals surface area contributed by atoms with E-state index in [2.05, 4.69) is 5.32 Å². The maximum absolute atomic E-state index is 6.87. The molecule has 0 bridgehead atoms. The van der Waals surface area contributed by atoms with Crippen molar-refractivity contribution in [2.45, 2.75) is 0 Å². The maximum atomic E-state index is 6.87. The molecule has 1 aliphatic rings. The Morgan fingerprint density at radius 1 is 1.83 bits per heavy atom. The topological polar surface area (TPSA) is 39.1 Å². The molecule has 0 spiro atoms. The van der Waals surface area contributed by atoms with Crippen molar-refractivity contribution in [3.8, 4) is 0 Å². The largest absolute Gasteiger partial charge is 0.292 e. The molecule has 35 valence electrons. The summed E-state index contributed by atoms with van der Waals surface area (Å²) in [5.74, 6) is 7.76.